The molecular weight excluding hydrogens is 160 g/mol. The smallest absolute Gasteiger partial charge is 0.185 e. The van der Waals surface area contributed by atoms with E-state index < -0.39 is 0 Å². The van der Waals surface area contributed by atoms with Crippen molar-refractivity contribution < 1.29 is 19.1 Å². The average molecular weight is 172 g/mol. The molecule has 0 fully saturated rings. The zero-order valence-electron chi connectivity index (χ0n) is 7.11. The van der Waals surface area contributed by atoms with Crippen LogP contribution in [0.4, 0.5) is 0 Å². The van der Waals surface area contributed by atoms with Gasteiger partial charge in [-0.25, -0.2) is 0 Å². The lowest BCUT2D eigenvalue weighted by atomic mass is 10.3. The molecule has 1 aromatic rings. The molecule has 0 saturated heterocycles. The van der Waals surface area contributed by atoms with Crippen LogP contribution in [0.15, 0.2) is 16.7 Å². The highest BCUT2D eigenvalue weighted by atomic mass is 16.4. The van der Waals surface area contributed by atoms with Crippen LogP contribution in [0.25, 0.3) is 0 Å². The van der Waals surface area contributed by atoms with E-state index in [1.54, 1.807) is 20.3 Å². The zero-order chi connectivity index (χ0) is 9.40. The molecule has 0 aliphatic heterocycles. The minimum absolute atomic E-state index is 0.148. The van der Waals surface area contributed by atoms with Crippen LogP contribution < -0.4 is 0 Å². The number of rotatable bonds is 2. The number of methoxy groups -OCH3 is 1. The van der Waals surface area contributed by atoms with Gasteiger partial charge in [0.25, 0.3) is 0 Å². The van der Waals surface area contributed by atoms with Crippen LogP contribution in [0, 0.1) is 0 Å². The van der Waals surface area contributed by atoms with Crippen LogP contribution in [0.5, 0.6) is 0 Å². The van der Waals surface area contributed by atoms with Gasteiger partial charge in [0, 0.05) is 19.8 Å². The summed E-state index contributed by atoms with van der Waals surface area (Å²) in [6.07, 6.45) is 1.95. The minimum Gasteiger partial charge on any atom is -0.461 e. The molecule has 1 heterocycles. The Morgan fingerprint density at radius 2 is 2.25 bits per heavy atom. The van der Waals surface area contributed by atoms with Gasteiger partial charge in [0.15, 0.2) is 12.0 Å². The maximum atomic E-state index is 10.0. The number of aliphatic hydroxyl groups excluding tert-OH is 1. The highest BCUT2D eigenvalue weighted by molar-refractivity contribution is 5.72. The molecule has 0 radical (unpaired) electrons. The van der Waals surface area contributed by atoms with E-state index >= 15 is 0 Å². The van der Waals surface area contributed by atoms with Crippen molar-refractivity contribution in [3.8, 4) is 0 Å². The molecule has 0 spiro atoms. The molecule has 68 valence electrons. The summed E-state index contributed by atoms with van der Waals surface area (Å²) in [6.45, 7) is -0.148. The maximum Gasteiger partial charge on any atom is 0.185 e. The number of carbonyl (C=O) groups is 1. The van der Waals surface area contributed by atoms with Crippen molar-refractivity contribution in [3.05, 3.63) is 23.7 Å². The van der Waals surface area contributed by atoms with Gasteiger partial charge < -0.3 is 14.3 Å². The van der Waals surface area contributed by atoms with Crippen LogP contribution >= 0.6 is 0 Å². The van der Waals surface area contributed by atoms with E-state index in [4.69, 9.17) is 5.11 Å². The van der Waals surface area contributed by atoms with Crippen LogP contribution in [-0.2, 0) is 11.3 Å². The predicted molar refractivity (Wildman–Crippen MR) is 43.0 cm³/mol. The lowest BCUT2D eigenvalue weighted by molar-refractivity contribution is 0.109. The quantitative estimate of drug-likeness (QED) is 0.672. The van der Waals surface area contributed by atoms with Crippen molar-refractivity contribution in [2.24, 2.45) is 0 Å². The molecule has 1 N–H and O–H groups in total. The summed E-state index contributed by atoms with van der Waals surface area (Å²) in [4.78, 5) is 10.0. The summed E-state index contributed by atoms with van der Waals surface area (Å²) < 4.78 is 8.93. The first-order valence-corrected chi connectivity index (χ1v) is 3.32. The summed E-state index contributed by atoms with van der Waals surface area (Å²) in [5.74, 6) is 0.206. The Balaban J connectivity index is 0.000000354. The Hall–Kier alpha value is -1.13. The monoisotopic (exact) mass is 172 g/mol. The van der Waals surface area contributed by atoms with Gasteiger partial charge in [0.05, 0.1) is 12.9 Å². The first-order chi connectivity index (χ1) is 5.79. The van der Waals surface area contributed by atoms with E-state index in [9.17, 15) is 4.79 Å². The highest BCUT2D eigenvalue weighted by Crippen LogP contribution is 2.06. The third-order valence-corrected chi connectivity index (χ3v) is 1.06. The van der Waals surface area contributed by atoms with E-state index in [0.29, 0.717) is 11.8 Å². The van der Waals surface area contributed by atoms with Crippen LogP contribution in [0.3, 0.4) is 0 Å². The fraction of sp³-hybridized carbons (Fsp3) is 0.375. The van der Waals surface area contributed by atoms with Gasteiger partial charge in [-0.2, -0.15) is 0 Å². The van der Waals surface area contributed by atoms with Crippen molar-refractivity contribution in [2.45, 2.75) is 6.61 Å². The van der Waals surface area contributed by atoms with E-state index in [1.165, 1.54) is 6.26 Å². The molecule has 0 aliphatic carbocycles. The van der Waals surface area contributed by atoms with Crippen molar-refractivity contribution in [3.63, 3.8) is 0 Å². The molecule has 0 bridgehead atoms. The molecule has 1 rings (SSSR count). The second-order valence-electron chi connectivity index (χ2n) is 1.99. The molecule has 4 nitrogen and oxygen atoms in total. The van der Waals surface area contributed by atoms with E-state index in [-0.39, 0.29) is 12.4 Å². The molecule has 4 heteroatoms. The van der Waals surface area contributed by atoms with Gasteiger partial charge in [0.2, 0.25) is 0 Å². The molecular formula is C8H12O4. The summed E-state index contributed by atoms with van der Waals surface area (Å²) in [5, 5.41) is 8.52. The van der Waals surface area contributed by atoms with Gasteiger partial charge >= 0.3 is 0 Å². The molecule has 0 amide bonds. The molecule has 1 aromatic heterocycles. The standard InChI is InChI=1S/C6H6O3.C2H6O/c7-3-5-1-2-9-6(5)4-8;1-3-2/h1-2,4,7H,3H2;1-2H3. The summed E-state index contributed by atoms with van der Waals surface area (Å²) >= 11 is 0. The fourth-order valence-corrected chi connectivity index (χ4v) is 0.581. The van der Waals surface area contributed by atoms with Gasteiger partial charge in [-0.3, -0.25) is 4.79 Å². The third kappa shape index (κ3) is 3.32. The second kappa shape index (κ2) is 6.57. The fourth-order valence-electron chi connectivity index (χ4n) is 0.581. The maximum absolute atomic E-state index is 10.0. The first-order valence-electron chi connectivity index (χ1n) is 3.32. The lowest BCUT2D eigenvalue weighted by Gasteiger charge is -1.85. The van der Waals surface area contributed by atoms with Crippen LogP contribution in [-0.4, -0.2) is 25.6 Å². The minimum atomic E-state index is -0.148. The Labute approximate surface area is 70.8 Å². The number of furan rings is 1. The Morgan fingerprint density at radius 1 is 1.67 bits per heavy atom. The molecule has 12 heavy (non-hydrogen) atoms. The summed E-state index contributed by atoms with van der Waals surface area (Å²) in [7, 11) is 3.25. The SMILES string of the molecule is COC.O=Cc1occc1CO. The van der Waals surface area contributed by atoms with Gasteiger partial charge in [-0.1, -0.05) is 0 Å². The van der Waals surface area contributed by atoms with Gasteiger partial charge in [0.1, 0.15) is 0 Å². The van der Waals surface area contributed by atoms with Crippen LogP contribution in [0.2, 0.25) is 0 Å². The number of hydrogen-bond donors (Lipinski definition) is 1. The van der Waals surface area contributed by atoms with E-state index in [0.717, 1.165) is 0 Å². The number of aliphatic hydroxyl groups is 1. The topological polar surface area (TPSA) is 59.7 Å². The Kier molecular flexibility index (Phi) is 5.95. The summed E-state index contributed by atoms with van der Waals surface area (Å²) in [6, 6.07) is 1.56. The predicted octanol–water partition coefficient (Wildman–Crippen LogP) is 0.847. The van der Waals surface area contributed by atoms with Crippen LogP contribution in [0.1, 0.15) is 16.1 Å². The molecule has 0 aliphatic rings. The van der Waals surface area contributed by atoms with Gasteiger partial charge in [-0.05, 0) is 6.07 Å². The number of ether oxygens (including phenoxy) is 1. The average Bonchev–Trinajstić information content (AvgIpc) is 2.52. The Morgan fingerprint density at radius 3 is 2.58 bits per heavy atom. The summed E-state index contributed by atoms with van der Waals surface area (Å²) in [5.41, 5.74) is 0.532. The Bertz CT molecular complexity index is 217. The van der Waals surface area contributed by atoms with Crippen molar-refractivity contribution in [1.82, 2.24) is 0 Å². The molecule has 0 atom stereocenters. The number of aldehydes is 1. The number of hydrogen-bond acceptors (Lipinski definition) is 4. The third-order valence-electron chi connectivity index (χ3n) is 1.06. The highest BCUT2D eigenvalue weighted by Gasteiger charge is 2.00. The molecule has 0 unspecified atom stereocenters. The lowest BCUT2D eigenvalue weighted by Crippen LogP contribution is -1.84. The van der Waals surface area contributed by atoms with Gasteiger partial charge in [-0.15, -0.1) is 0 Å². The van der Waals surface area contributed by atoms with E-state index in [2.05, 4.69) is 9.15 Å². The van der Waals surface area contributed by atoms with Crippen molar-refractivity contribution in [2.75, 3.05) is 14.2 Å². The molecule has 0 aromatic carbocycles. The molecule has 0 saturated carbocycles. The largest absolute Gasteiger partial charge is 0.461 e. The second-order valence-corrected chi connectivity index (χ2v) is 1.99. The normalized spacial score (nSPS) is 8.58. The zero-order valence-corrected chi connectivity index (χ0v) is 7.11. The van der Waals surface area contributed by atoms with Crippen molar-refractivity contribution >= 4 is 6.29 Å². The van der Waals surface area contributed by atoms with E-state index in [1.807, 2.05) is 0 Å². The first kappa shape index (κ1) is 10.9. The van der Waals surface area contributed by atoms with Crippen molar-refractivity contribution in [1.29, 1.82) is 0 Å². The number of carbonyl (C=O) groups excluding carboxylic acids is 1.